The highest BCUT2D eigenvalue weighted by atomic mass is 16.5. The molecule has 5 heteroatoms. The molecule has 1 aliphatic carbocycles. The molecule has 130 valence electrons. The molecule has 0 amide bonds. The molecule has 1 saturated carbocycles. The molecule has 1 heterocycles. The molecule has 1 aliphatic rings. The van der Waals surface area contributed by atoms with Crippen LogP contribution in [0.5, 0.6) is 11.5 Å². The minimum atomic E-state index is 0.114. The zero-order chi connectivity index (χ0) is 17.4. The van der Waals surface area contributed by atoms with Crippen LogP contribution < -0.4 is 14.8 Å². The van der Waals surface area contributed by atoms with E-state index < -0.39 is 0 Å². The monoisotopic (exact) mass is 338 g/mol. The lowest BCUT2D eigenvalue weighted by Crippen LogP contribution is -2.07. The summed E-state index contributed by atoms with van der Waals surface area (Å²) in [6.45, 7) is 2.11. The molecule has 0 bridgehead atoms. The molecule has 1 N–H and O–H groups in total. The molecular weight excluding hydrogens is 316 g/mol. The Kier molecular flexibility index (Phi) is 3.99. The number of fused-ring (bicyclic) bond motifs is 1. The van der Waals surface area contributed by atoms with Gasteiger partial charge in [0.2, 0.25) is 0 Å². The van der Waals surface area contributed by atoms with E-state index >= 15 is 0 Å². The van der Waals surface area contributed by atoms with Gasteiger partial charge in [0, 0.05) is 23.7 Å². The Morgan fingerprint density at radius 1 is 1.08 bits per heavy atom. The Morgan fingerprint density at radius 2 is 1.88 bits per heavy atom. The van der Waals surface area contributed by atoms with Crippen molar-refractivity contribution in [2.24, 2.45) is 0 Å². The fourth-order valence-corrected chi connectivity index (χ4v) is 2.99. The molecule has 3 aromatic rings. The summed E-state index contributed by atoms with van der Waals surface area (Å²) in [5.41, 5.74) is 3.89. The zero-order valence-electron chi connectivity index (χ0n) is 14.7. The van der Waals surface area contributed by atoms with E-state index in [1.54, 1.807) is 14.2 Å². The number of aromatic nitrogens is 1. The maximum absolute atomic E-state index is 5.90. The number of oxazole rings is 1. The Morgan fingerprint density at radius 3 is 2.60 bits per heavy atom. The summed E-state index contributed by atoms with van der Waals surface area (Å²) in [7, 11) is 3.29. The lowest BCUT2D eigenvalue weighted by molar-refractivity contribution is 0.354. The van der Waals surface area contributed by atoms with Crippen LogP contribution >= 0.6 is 0 Å². The minimum absolute atomic E-state index is 0.114. The summed E-state index contributed by atoms with van der Waals surface area (Å²) >= 11 is 0. The molecule has 0 spiro atoms. The number of hydrogen-bond donors (Lipinski definition) is 1. The van der Waals surface area contributed by atoms with Crippen molar-refractivity contribution in [1.29, 1.82) is 0 Å². The van der Waals surface area contributed by atoms with E-state index in [4.69, 9.17) is 13.9 Å². The van der Waals surface area contributed by atoms with Crippen molar-refractivity contribution < 1.29 is 13.9 Å². The summed E-state index contributed by atoms with van der Waals surface area (Å²) in [6, 6.07) is 12.1. The normalized spacial score (nSPS) is 15.2. The van der Waals surface area contributed by atoms with E-state index in [1.165, 1.54) is 12.8 Å². The molecule has 0 saturated heterocycles. The molecule has 1 fully saturated rings. The van der Waals surface area contributed by atoms with Crippen molar-refractivity contribution in [2.75, 3.05) is 19.5 Å². The van der Waals surface area contributed by atoms with Crippen molar-refractivity contribution in [3.8, 4) is 11.5 Å². The second-order valence-electron chi connectivity index (χ2n) is 6.49. The summed E-state index contributed by atoms with van der Waals surface area (Å²) < 4.78 is 16.6. The number of rotatable bonds is 6. The van der Waals surface area contributed by atoms with E-state index in [9.17, 15) is 0 Å². The third kappa shape index (κ3) is 3.14. The van der Waals surface area contributed by atoms with Crippen molar-refractivity contribution in [1.82, 2.24) is 4.98 Å². The summed E-state index contributed by atoms with van der Waals surface area (Å²) in [5, 5.41) is 3.51. The number of benzene rings is 2. The van der Waals surface area contributed by atoms with Gasteiger partial charge in [-0.2, -0.15) is 0 Å². The van der Waals surface area contributed by atoms with Crippen LogP contribution in [0.1, 0.15) is 43.2 Å². The Hall–Kier alpha value is -2.69. The highest BCUT2D eigenvalue weighted by Gasteiger charge is 2.28. The molecule has 2 aromatic carbocycles. The number of methoxy groups -OCH3 is 2. The van der Waals surface area contributed by atoms with Crippen LogP contribution in [0.3, 0.4) is 0 Å². The van der Waals surface area contributed by atoms with E-state index in [1.807, 2.05) is 36.4 Å². The quantitative estimate of drug-likeness (QED) is 0.693. The van der Waals surface area contributed by atoms with Crippen LogP contribution in [0.25, 0.3) is 11.1 Å². The van der Waals surface area contributed by atoms with Gasteiger partial charge >= 0.3 is 0 Å². The van der Waals surface area contributed by atoms with Gasteiger partial charge in [-0.25, -0.2) is 4.98 Å². The van der Waals surface area contributed by atoms with E-state index in [0.717, 1.165) is 39.7 Å². The second-order valence-corrected chi connectivity index (χ2v) is 6.49. The van der Waals surface area contributed by atoms with Crippen molar-refractivity contribution in [3.05, 3.63) is 47.9 Å². The van der Waals surface area contributed by atoms with Gasteiger partial charge in [0.25, 0.3) is 0 Å². The molecule has 0 aliphatic heterocycles. The Labute approximate surface area is 147 Å². The third-order valence-corrected chi connectivity index (χ3v) is 4.62. The maximum Gasteiger partial charge on any atom is 0.198 e. The Balaban J connectivity index is 1.55. The van der Waals surface area contributed by atoms with Crippen molar-refractivity contribution in [3.63, 3.8) is 0 Å². The first-order valence-electron chi connectivity index (χ1n) is 8.57. The summed E-state index contributed by atoms with van der Waals surface area (Å²) in [4.78, 5) is 4.57. The molecule has 1 aromatic heterocycles. The van der Waals surface area contributed by atoms with Gasteiger partial charge in [0.1, 0.15) is 5.52 Å². The van der Waals surface area contributed by atoms with Gasteiger partial charge in [-0.3, -0.25) is 0 Å². The fourth-order valence-electron chi connectivity index (χ4n) is 2.99. The molecular formula is C20H22N2O3. The predicted molar refractivity (Wildman–Crippen MR) is 97.6 cm³/mol. The van der Waals surface area contributed by atoms with E-state index in [0.29, 0.717) is 5.92 Å². The predicted octanol–water partition coefficient (Wildman–Crippen LogP) is 4.90. The molecule has 0 radical (unpaired) electrons. The Bertz CT molecular complexity index is 899. The average Bonchev–Trinajstić information content (AvgIpc) is 3.40. The van der Waals surface area contributed by atoms with Crippen LogP contribution in [-0.2, 0) is 0 Å². The number of ether oxygens (including phenoxy) is 2. The molecule has 25 heavy (non-hydrogen) atoms. The molecule has 1 unspecified atom stereocenters. The third-order valence-electron chi connectivity index (χ3n) is 4.62. The first-order chi connectivity index (χ1) is 12.2. The summed E-state index contributed by atoms with van der Waals surface area (Å²) in [6.07, 6.45) is 2.38. The van der Waals surface area contributed by atoms with Crippen LogP contribution in [0.4, 0.5) is 5.69 Å². The minimum Gasteiger partial charge on any atom is -0.493 e. The molecule has 5 nitrogen and oxygen atoms in total. The SMILES string of the molecule is COc1ccc(C(C)Nc2ccc3nc(C4CC4)oc3c2)cc1OC. The van der Waals surface area contributed by atoms with Crippen molar-refractivity contribution >= 4 is 16.8 Å². The highest BCUT2D eigenvalue weighted by molar-refractivity contribution is 5.77. The highest BCUT2D eigenvalue weighted by Crippen LogP contribution is 2.41. The first-order valence-corrected chi connectivity index (χ1v) is 8.57. The lowest BCUT2D eigenvalue weighted by atomic mass is 10.1. The van der Waals surface area contributed by atoms with Gasteiger partial charge in [-0.1, -0.05) is 6.07 Å². The van der Waals surface area contributed by atoms with E-state index in [2.05, 4.69) is 17.2 Å². The molecule has 4 rings (SSSR count). The lowest BCUT2D eigenvalue weighted by Gasteiger charge is -2.17. The zero-order valence-corrected chi connectivity index (χ0v) is 14.7. The standard InChI is InChI=1S/C20H22N2O3/c1-12(14-6-9-17(23-2)19(10-14)24-3)21-15-7-8-16-18(11-15)25-20(22-16)13-4-5-13/h6-13,21H,4-5H2,1-3H3. The van der Waals surface area contributed by atoms with Crippen LogP contribution in [-0.4, -0.2) is 19.2 Å². The van der Waals surface area contributed by atoms with Crippen LogP contribution in [0.15, 0.2) is 40.8 Å². The number of hydrogen-bond acceptors (Lipinski definition) is 5. The van der Waals surface area contributed by atoms with Gasteiger partial charge in [0.15, 0.2) is 23.0 Å². The smallest absolute Gasteiger partial charge is 0.198 e. The van der Waals surface area contributed by atoms with Crippen LogP contribution in [0.2, 0.25) is 0 Å². The van der Waals surface area contributed by atoms with Gasteiger partial charge in [-0.05, 0) is 49.6 Å². The average molecular weight is 338 g/mol. The largest absolute Gasteiger partial charge is 0.493 e. The number of nitrogens with zero attached hydrogens (tertiary/aromatic N) is 1. The second kappa shape index (κ2) is 6.31. The van der Waals surface area contributed by atoms with Gasteiger partial charge in [-0.15, -0.1) is 0 Å². The number of anilines is 1. The van der Waals surface area contributed by atoms with Crippen molar-refractivity contribution in [2.45, 2.75) is 31.7 Å². The molecule has 1 atom stereocenters. The first kappa shape index (κ1) is 15.8. The topological polar surface area (TPSA) is 56.5 Å². The van der Waals surface area contributed by atoms with Gasteiger partial charge in [0.05, 0.1) is 14.2 Å². The van der Waals surface area contributed by atoms with E-state index in [-0.39, 0.29) is 6.04 Å². The van der Waals surface area contributed by atoms with Crippen LogP contribution in [0, 0.1) is 0 Å². The fraction of sp³-hybridized carbons (Fsp3) is 0.350. The number of nitrogens with one attached hydrogen (secondary N) is 1. The summed E-state index contributed by atoms with van der Waals surface area (Å²) in [5.74, 6) is 2.86. The van der Waals surface area contributed by atoms with Gasteiger partial charge < -0.3 is 19.2 Å². The maximum atomic E-state index is 5.90.